The summed E-state index contributed by atoms with van der Waals surface area (Å²) in [7, 11) is 0. The molecule has 18 heavy (non-hydrogen) atoms. The van der Waals surface area contributed by atoms with Gasteiger partial charge in [0.15, 0.2) is 0 Å². The Morgan fingerprint density at radius 3 is 2.39 bits per heavy atom. The van der Waals surface area contributed by atoms with Crippen LogP contribution in [0, 0.1) is 5.92 Å². The molecule has 0 radical (unpaired) electrons. The van der Waals surface area contributed by atoms with Crippen LogP contribution in [0.25, 0.3) is 0 Å². The van der Waals surface area contributed by atoms with Crippen LogP contribution in [0.4, 0.5) is 0 Å². The van der Waals surface area contributed by atoms with Crippen molar-refractivity contribution in [3.8, 4) is 0 Å². The minimum absolute atomic E-state index is 0.168. The minimum atomic E-state index is -0.168. The molecule has 1 aromatic carbocycles. The second kappa shape index (κ2) is 5.85. The van der Waals surface area contributed by atoms with Gasteiger partial charge in [0.05, 0.1) is 6.10 Å². The third kappa shape index (κ3) is 3.33. The molecule has 0 bridgehead atoms. The van der Waals surface area contributed by atoms with Gasteiger partial charge >= 0.3 is 0 Å². The van der Waals surface area contributed by atoms with E-state index in [1.807, 2.05) is 6.92 Å². The van der Waals surface area contributed by atoms with Crippen molar-refractivity contribution in [1.82, 2.24) is 4.90 Å². The summed E-state index contributed by atoms with van der Waals surface area (Å²) in [5.74, 6) is 1.06. The zero-order valence-corrected chi connectivity index (χ0v) is 11.8. The first-order valence-corrected chi connectivity index (χ1v) is 7.05. The van der Waals surface area contributed by atoms with Crippen molar-refractivity contribution in [2.45, 2.75) is 45.8 Å². The van der Waals surface area contributed by atoms with Crippen LogP contribution in [0.1, 0.15) is 44.2 Å². The van der Waals surface area contributed by atoms with Crippen LogP contribution < -0.4 is 0 Å². The Morgan fingerprint density at radius 1 is 1.22 bits per heavy atom. The molecule has 2 rings (SSSR count). The summed E-state index contributed by atoms with van der Waals surface area (Å²) in [6.45, 7) is 9.52. The topological polar surface area (TPSA) is 23.5 Å². The first-order chi connectivity index (χ1) is 8.56. The van der Waals surface area contributed by atoms with E-state index in [2.05, 4.69) is 43.0 Å². The number of hydrogen-bond acceptors (Lipinski definition) is 2. The minimum Gasteiger partial charge on any atom is -0.393 e. The van der Waals surface area contributed by atoms with Crippen molar-refractivity contribution in [3.63, 3.8) is 0 Å². The van der Waals surface area contributed by atoms with E-state index in [1.165, 1.54) is 11.1 Å². The highest BCUT2D eigenvalue weighted by atomic mass is 16.3. The first kappa shape index (κ1) is 13.6. The molecule has 2 unspecified atom stereocenters. The lowest BCUT2D eigenvalue weighted by atomic mass is 10.0. The quantitative estimate of drug-likeness (QED) is 0.884. The third-order valence-corrected chi connectivity index (χ3v) is 4.04. The largest absolute Gasteiger partial charge is 0.393 e. The SMILES string of the molecule is CC(C)c1ccc(CN2CCC(C(C)O)C2)cc1. The van der Waals surface area contributed by atoms with Crippen LogP contribution in [0.15, 0.2) is 24.3 Å². The fraction of sp³-hybridized carbons (Fsp3) is 0.625. The second-order valence-corrected chi connectivity index (χ2v) is 5.92. The van der Waals surface area contributed by atoms with Crippen LogP contribution in [-0.4, -0.2) is 29.2 Å². The average molecular weight is 247 g/mol. The highest BCUT2D eigenvalue weighted by molar-refractivity contribution is 5.24. The van der Waals surface area contributed by atoms with E-state index in [0.29, 0.717) is 11.8 Å². The number of aliphatic hydroxyl groups is 1. The highest BCUT2D eigenvalue weighted by Crippen LogP contribution is 2.22. The number of aliphatic hydroxyl groups excluding tert-OH is 1. The van der Waals surface area contributed by atoms with Crippen molar-refractivity contribution >= 4 is 0 Å². The number of hydrogen-bond donors (Lipinski definition) is 1. The smallest absolute Gasteiger partial charge is 0.0552 e. The Labute approximate surface area is 111 Å². The Bertz CT molecular complexity index is 369. The van der Waals surface area contributed by atoms with Gasteiger partial charge in [0, 0.05) is 13.1 Å². The molecule has 1 aromatic rings. The summed E-state index contributed by atoms with van der Waals surface area (Å²) >= 11 is 0. The molecule has 1 aliphatic heterocycles. The van der Waals surface area contributed by atoms with Gasteiger partial charge in [-0.25, -0.2) is 0 Å². The van der Waals surface area contributed by atoms with Gasteiger partial charge in [-0.15, -0.1) is 0 Å². The van der Waals surface area contributed by atoms with Crippen LogP contribution in [0.2, 0.25) is 0 Å². The van der Waals surface area contributed by atoms with Gasteiger partial charge < -0.3 is 5.11 Å². The van der Waals surface area contributed by atoms with E-state index in [-0.39, 0.29) is 6.10 Å². The number of nitrogens with zero attached hydrogens (tertiary/aromatic N) is 1. The van der Waals surface area contributed by atoms with Gasteiger partial charge in [0.2, 0.25) is 0 Å². The van der Waals surface area contributed by atoms with E-state index in [0.717, 1.165) is 26.1 Å². The van der Waals surface area contributed by atoms with E-state index in [4.69, 9.17) is 0 Å². The van der Waals surface area contributed by atoms with Crippen LogP contribution in [0.5, 0.6) is 0 Å². The summed E-state index contributed by atoms with van der Waals surface area (Å²) in [4.78, 5) is 2.45. The van der Waals surface area contributed by atoms with E-state index < -0.39 is 0 Å². The van der Waals surface area contributed by atoms with Crippen LogP contribution >= 0.6 is 0 Å². The first-order valence-electron chi connectivity index (χ1n) is 7.05. The number of likely N-dealkylation sites (tertiary alicyclic amines) is 1. The van der Waals surface area contributed by atoms with Gasteiger partial charge in [-0.3, -0.25) is 4.90 Å². The maximum absolute atomic E-state index is 9.61. The summed E-state index contributed by atoms with van der Waals surface area (Å²) in [5, 5.41) is 9.61. The molecule has 0 aliphatic carbocycles. The molecule has 2 atom stereocenters. The summed E-state index contributed by atoms with van der Waals surface area (Å²) in [6, 6.07) is 8.96. The molecule has 0 saturated carbocycles. The van der Waals surface area contributed by atoms with E-state index >= 15 is 0 Å². The molecule has 1 heterocycles. The number of rotatable bonds is 4. The zero-order chi connectivity index (χ0) is 13.1. The molecule has 100 valence electrons. The zero-order valence-electron chi connectivity index (χ0n) is 11.8. The van der Waals surface area contributed by atoms with E-state index in [1.54, 1.807) is 0 Å². The van der Waals surface area contributed by atoms with Gasteiger partial charge in [0.1, 0.15) is 0 Å². The predicted octanol–water partition coefficient (Wildman–Crippen LogP) is 3.01. The molecule has 1 fully saturated rings. The standard InChI is InChI=1S/C16H25NO/c1-12(2)15-6-4-14(5-7-15)10-17-9-8-16(11-17)13(3)18/h4-7,12-13,16,18H,8-11H2,1-3H3. The van der Waals surface area contributed by atoms with Crippen molar-refractivity contribution in [2.75, 3.05) is 13.1 Å². The maximum Gasteiger partial charge on any atom is 0.0552 e. The normalized spacial score (nSPS) is 22.6. The molecule has 1 N–H and O–H groups in total. The summed E-state index contributed by atoms with van der Waals surface area (Å²) < 4.78 is 0. The van der Waals surface area contributed by atoms with Crippen LogP contribution in [-0.2, 0) is 6.54 Å². The molecule has 0 spiro atoms. The lowest BCUT2D eigenvalue weighted by Gasteiger charge is -2.17. The van der Waals surface area contributed by atoms with Crippen molar-refractivity contribution in [1.29, 1.82) is 0 Å². The monoisotopic (exact) mass is 247 g/mol. The fourth-order valence-electron chi connectivity index (χ4n) is 2.67. The molecular formula is C16H25NO. The molecule has 1 aliphatic rings. The van der Waals surface area contributed by atoms with E-state index in [9.17, 15) is 5.11 Å². The van der Waals surface area contributed by atoms with Gasteiger partial charge in [-0.1, -0.05) is 38.1 Å². The summed E-state index contributed by atoms with van der Waals surface area (Å²) in [5.41, 5.74) is 2.78. The predicted molar refractivity (Wildman–Crippen MR) is 75.6 cm³/mol. The van der Waals surface area contributed by atoms with Crippen LogP contribution in [0.3, 0.4) is 0 Å². The average Bonchev–Trinajstić information content (AvgIpc) is 2.78. The molecule has 2 nitrogen and oxygen atoms in total. The Hall–Kier alpha value is -0.860. The molecule has 0 amide bonds. The molecule has 1 saturated heterocycles. The Kier molecular flexibility index (Phi) is 4.41. The van der Waals surface area contributed by atoms with Gasteiger partial charge in [-0.05, 0) is 42.9 Å². The lowest BCUT2D eigenvalue weighted by molar-refractivity contribution is 0.127. The molecule has 0 aromatic heterocycles. The second-order valence-electron chi connectivity index (χ2n) is 5.92. The number of benzene rings is 1. The Balaban J connectivity index is 1.90. The van der Waals surface area contributed by atoms with Gasteiger partial charge in [-0.2, -0.15) is 0 Å². The molecule has 2 heteroatoms. The highest BCUT2D eigenvalue weighted by Gasteiger charge is 2.25. The fourth-order valence-corrected chi connectivity index (χ4v) is 2.67. The maximum atomic E-state index is 9.61. The Morgan fingerprint density at radius 2 is 1.89 bits per heavy atom. The van der Waals surface area contributed by atoms with Gasteiger partial charge in [0.25, 0.3) is 0 Å². The lowest BCUT2D eigenvalue weighted by Crippen LogP contribution is -2.23. The van der Waals surface area contributed by atoms with Crippen molar-refractivity contribution < 1.29 is 5.11 Å². The molecular weight excluding hydrogens is 222 g/mol. The summed E-state index contributed by atoms with van der Waals surface area (Å²) in [6.07, 6.45) is 0.959. The van der Waals surface area contributed by atoms with Crippen molar-refractivity contribution in [3.05, 3.63) is 35.4 Å². The third-order valence-electron chi connectivity index (χ3n) is 4.04. The van der Waals surface area contributed by atoms with Crippen molar-refractivity contribution in [2.24, 2.45) is 5.92 Å².